The van der Waals surface area contributed by atoms with Crippen molar-refractivity contribution < 1.29 is 14.1 Å². The van der Waals surface area contributed by atoms with Gasteiger partial charge in [0.2, 0.25) is 0 Å². The minimum Gasteiger partial charge on any atom is -0.452 e. The smallest absolute Gasteiger partial charge is 0.339 e. The van der Waals surface area contributed by atoms with E-state index >= 15 is 0 Å². The van der Waals surface area contributed by atoms with Crippen molar-refractivity contribution in [2.75, 3.05) is 0 Å². The molecule has 0 N–H and O–H groups in total. The van der Waals surface area contributed by atoms with Crippen LogP contribution in [-0.2, 0) is 24.2 Å². The standard InChI is InChI=1S/C25H21N3O3/c1-2-21-27-22(31-28-21)15-30-25(29)23-18-10-6-7-11-20(18)26-24-17(12-13-19(23)24)14-16-8-4-3-5-9-16/h3-11,14H,2,12-13,15H2,1H3/b17-14+. The van der Waals surface area contributed by atoms with Crippen LogP contribution in [0.25, 0.3) is 22.6 Å². The Morgan fingerprint density at radius 3 is 2.68 bits per heavy atom. The van der Waals surface area contributed by atoms with Crippen LogP contribution in [0.5, 0.6) is 0 Å². The predicted octanol–water partition coefficient (Wildman–Crippen LogP) is 5.02. The number of hydrogen-bond acceptors (Lipinski definition) is 6. The Labute approximate surface area is 179 Å². The van der Waals surface area contributed by atoms with Gasteiger partial charge in [-0.2, -0.15) is 4.98 Å². The number of nitrogens with zero attached hydrogens (tertiary/aromatic N) is 3. The highest BCUT2D eigenvalue weighted by molar-refractivity contribution is 6.07. The van der Waals surface area contributed by atoms with Crippen LogP contribution < -0.4 is 0 Å². The molecule has 0 fully saturated rings. The topological polar surface area (TPSA) is 78.1 Å². The summed E-state index contributed by atoms with van der Waals surface area (Å²) in [6.45, 7) is 1.89. The first-order chi connectivity index (χ1) is 15.2. The number of carbonyl (C=O) groups is 1. The number of benzene rings is 2. The van der Waals surface area contributed by atoms with Gasteiger partial charge in [-0.3, -0.25) is 0 Å². The van der Waals surface area contributed by atoms with E-state index in [2.05, 4.69) is 28.3 Å². The lowest BCUT2D eigenvalue weighted by atomic mass is 10.0. The molecule has 0 bridgehead atoms. The first-order valence-corrected chi connectivity index (χ1v) is 10.4. The van der Waals surface area contributed by atoms with Crippen LogP contribution in [0, 0.1) is 0 Å². The quantitative estimate of drug-likeness (QED) is 0.429. The summed E-state index contributed by atoms with van der Waals surface area (Å²) in [5.41, 5.74) is 5.41. The maximum Gasteiger partial charge on any atom is 0.339 e. The van der Waals surface area contributed by atoms with Crippen molar-refractivity contribution in [2.24, 2.45) is 0 Å². The van der Waals surface area contributed by atoms with Gasteiger partial charge in [-0.05, 0) is 41.7 Å². The summed E-state index contributed by atoms with van der Waals surface area (Å²) in [6.07, 6.45) is 4.39. The Balaban J connectivity index is 1.53. The van der Waals surface area contributed by atoms with E-state index in [9.17, 15) is 4.79 Å². The molecule has 0 saturated carbocycles. The van der Waals surface area contributed by atoms with E-state index in [1.165, 1.54) is 0 Å². The van der Waals surface area contributed by atoms with Crippen LogP contribution in [0.1, 0.15) is 52.2 Å². The fourth-order valence-electron chi connectivity index (χ4n) is 3.95. The average molecular weight is 411 g/mol. The number of para-hydroxylation sites is 1. The summed E-state index contributed by atoms with van der Waals surface area (Å²) in [5, 5.41) is 4.65. The van der Waals surface area contributed by atoms with Crippen molar-refractivity contribution in [3.8, 4) is 0 Å². The Hall–Kier alpha value is -3.80. The van der Waals surface area contributed by atoms with E-state index in [0.717, 1.165) is 46.1 Å². The van der Waals surface area contributed by atoms with Gasteiger partial charge >= 0.3 is 5.97 Å². The van der Waals surface area contributed by atoms with Gasteiger partial charge in [-0.1, -0.05) is 60.6 Å². The molecule has 31 heavy (non-hydrogen) atoms. The normalized spacial score (nSPS) is 14.2. The second-order valence-corrected chi connectivity index (χ2v) is 7.45. The minimum absolute atomic E-state index is 0.0516. The highest BCUT2D eigenvalue weighted by Gasteiger charge is 2.27. The first-order valence-electron chi connectivity index (χ1n) is 10.4. The van der Waals surface area contributed by atoms with Gasteiger partial charge in [0.15, 0.2) is 12.4 Å². The van der Waals surface area contributed by atoms with Crippen LogP contribution in [-0.4, -0.2) is 21.1 Å². The second kappa shape index (κ2) is 8.14. The number of ether oxygens (including phenoxy) is 1. The number of allylic oxidation sites excluding steroid dienone is 1. The highest BCUT2D eigenvalue weighted by Crippen LogP contribution is 2.37. The van der Waals surface area contributed by atoms with Crippen molar-refractivity contribution in [3.05, 3.63) is 88.7 Å². The van der Waals surface area contributed by atoms with Crippen molar-refractivity contribution in [2.45, 2.75) is 32.8 Å². The van der Waals surface area contributed by atoms with Crippen LogP contribution in [0.4, 0.5) is 0 Å². The molecule has 6 heteroatoms. The predicted molar refractivity (Wildman–Crippen MR) is 117 cm³/mol. The van der Waals surface area contributed by atoms with Crippen molar-refractivity contribution >= 4 is 28.5 Å². The van der Waals surface area contributed by atoms with E-state index in [0.29, 0.717) is 23.7 Å². The molecule has 1 aliphatic rings. The molecule has 154 valence electrons. The second-order valence-electron chi connectivity index (χ2n) is 7.45. The van der Waals surface area contributed by atoms with E-state index in [1.54, 1.807) is 0 Å². The lowest BCUT2D eigenvalue weighted by Crippen LogP contribution is -2.10. The summed E-state index contributed by atoms with van der Waals surface area (Å²) in [4.78, 5) is 22.3. The molecular weight excluding hydrogens is 390 g/mol. The fraction of sp³-hybridized carbons (Fsp3) is 0.200. The molecule has 1 aliphatic carbocycles. The van der Waals surface area contributed by atoms with Gasteiger partial charge in [0.05, 0.1) is 16.8 Å². The van der Waals surface area contributed by atoms with Gasteiger partial charge in [-0.25, -0.2) is 9.78 Å². The lowest BCUT2D eigenvalue weighted by molar-refractivity contribution is 0.0431. The van der Waals surface area contributed by atoms with E-state index < -0.39 is 5.97 Å². The summed E-state index contributed by atoms with van der Waals surface area (Å²) in [6, 6.07) is 17.8. The largest absolute Gasteiger partial charge is 0.452 e. The molecule has 0 saturated heterocycles. The first kappa shape index (κ1) is 19.2. The van der Waals surface area contributed by atoms with Gasteiger partial charge in [0, 0.05) is 11.8 Å². The number of aromatic nitrogens is 3. The Bertz CT molecular complexity index is 1290. The molecule has 5 rings (SSSR count). The van der Waals surface area contributed by atoms with E-state index in [1.807, 2.05) is 49.4 Å². The minimum atomic E-state index is -0.396. The maximum absolute atomic E-state index is 13.2. The summed E-state index contributed by atoms with van der Waals surface area (Å²) in [7, 11) is 0. The van der Waals surface area contributed by atoms with Crippen LogP contribution >= 0.6 is 0 Å². The molecule has 0 unspecified atom stereocenters. The lowest BCUT2D eigenvalue weighted by Gasteiger charge is -2.11. The monoisotopic (exact) mass is 411 g/mol. The zero-order valence-electron chi connectivity index (χ0n) is 17.2. The van der Waals surface area contributed by atoms with Gasteiger partial charge in [0.25, 0.3) is 5.89 Å². The maximum atomic E-state index is 13.2. The van der Waals surface area contributed by atoms with Gasteiger partial charge in [-0.15, -0.1) is 0 Å². The van der Waals surface area contributed by atoms with Gasteiger partial charge in [0.1, 0.15) is 0 Å². The summed E-state index contributed by atoms with van der Waals surface area (Å²) >= 11 is 0. The summed E-state index contributed by atoms with van der Waals surface area (Å²) in [5.74, 6) is 0.494. The SMILES string of the molecule is CCc1noc(COC(=O)c2c3c(nc4ccccc24)/C(=C/c2ccccc2)CC3)n1. The number of hydrogen-bond donors (Lipinski definition) is 0. The molecular formula is C25H21N3O3. The molecule has 2 aromatic carbocycles. The molecule has 0 amide bonds. The number of fused-ring (bicyclic) bond motifs is 2. The van der Waals surface area contributed by atoms with Crippen LogP contribution in [0.15, 0.2) is 59.1 Å². The molecule has 2 aromatic heterocycles. The highest BCUT2D eigenvalue weighted by atomic mass is 16.6. The Morgan fingerprint density at radius 1 is 1.06 bits per heavy atom. The zero-order chi connectivity index (χ0) is 21.2. The average Bonchev–Trinajstić information content (AvgIpc) is 3.43. The number of carbonyl (C=O) groups excluding carboxylic acids is 1. The van der Waals surface area contributed by atoms with E-state index in [-0.39, 0.29) is 6.61 Å². The number of rotatable bonds is 5. The third-order valence-corrected chi connectivity index (χ3v) is 5.44. The molecule has 0 spiro atoms. The van der Waals surface area contributed by atoms with Crippen molar-refractivity contribution in [1.29, 1.82) is 0 Å². The third-order valence-electron chi connectivity index (χ3n) is 5.44. The molecule has 0 aliphatic heterocycles. The van der Waals surface area contributed by atoms with Crippen LogP contribution in [0.3, 0.4) is 0 Å². The Morgan fingerprint density at radius 2 is 1.87 bits per heavy atom. The Kier molecular flexibility index (Phi) is 5.04. The molecule has 2 heterocycles. The molecule has 0 radical (unpaired) electrons. The van der Waals surface area contributed by atoms with Crippen molar-refractivity contribution in [1.82, 2.24) is 15.1 Å². The number of pyridine rings is 1. The summed E-state index contributed by atoms with van der Waals surface area (Å²) < 4.78 is 10.7. The molecule has 4 aromatic rings. The molecule has 0 atom stereocenters. The zero-order valence-corrected chi connectivity index (χ0v) is 17.2. The van der Waals surface area contributed by atoms with Crippen molar-refractivity contribution in [3.63, 3.8) is 0 Å². The fourth-order valence-corrected chi connectivity index (χ4v) is 3.95. The van der Waals surface area contributed by atoms with Gasteiger partial charge < -0.3 is 9.26 Å². The third kappa shape index (κ3) is 3.72. The number of esters is 1. The molecule has 6 nitrogen and oxygen atoms in total. The van der Waals surface area contributed by atoms with Crippen LogP contribution in [0.2, 0.25) is 0 Å². The van der Waals surface area contributed by atoms with E-state index in [4.69, 9.17) is 14.2 Å². The number of aryl methyl sites for hydroxylation is 1.